The quantitative estimate of drug-likeness (QED) is 0.741. The molecule has 1 aromatic heterocycles. The molecule has 3 fully saturated rings. The van der Waals surface area contributed by atoms with Crippen molar-refractivity contribution >= 4 is 5.95 Å². The fraction of sp³-hybridized carbons (Fsp3) is 0.750. The summed E-state index contributed by atoms with van der Waals surface area (Å²) in [5.41, 5.74) is 6.63. The van der Waals surface area contributed by atoms with Crippen molar-refractivity contribution in [1.29, 1.82) is 0 Å². The number of anilines is 1. The summed E-state index contributed by atoms with van der Waals surface area (Å²) in [6.45, 7) is 5.24. The van der Waals surface area contributed by atoms with Gasteiger partial charge in [0.2, 0.25) is 5.95 Å². The number of likely N-dealkylation sites (tertiary alicyclic amines) is 1. The van der Waals surface area contributed by atoms with E-state index in [1.807, 2.05) is 6.07 Å². The van der Waals surface area contributed by atoms with E-state index in [0.29, 0.717) is 18.0 Å². The van der Waals surface area contributed by atoms with E-state index in [9.17, 15) is 0 Å². The third-order valence-corrected chi connectivity index (χ3v) is 5.28. The summed E-state index contributed by atoms with van der Waals surface area (Å²) in [6, 6.07) is 2.75. The van der Waals surface area contributed by atoms with Gasteiger partial charge in [0.05, 0.1) is 18.2 Å². The van der Waals surface area contributed by atoms with Crippen LogP contribution in [-0.4, -0.2) is 65.3 Å². The van der Waals surface area contributed by atoms with Gasteiger partial charge in [0.25, 0.3) is 0 Å². The topological polar surface area (TPSA) is 74.3 Å². The molecule has 0 bridgehead atoms. The molecular weight excluding hydrogens is 292 g/mol. The van der Waals surface area contributed by atoms with Crippen LogP contribution >= 0.6 is 0 Å². The van der Waals surface area contributed by atoms with E-state index in [4.69, 9.17) is 4.74 Å². The first-order chi connectivity index (χ1) is 11.3. The molecule has 7 heteroatoms. The minimum absolute atomic E-state index is 0.0598. The maximum absolute atomic E-state index is 6.21. The highest BCUT2D eigenvalue weighted by Crippen LogP contribution is 2.36. The van der Waals surface area contributed by atoms with Crippen molar-refractivity contribution in [2.45, 2.75) is 43.4 Å². The van der Waals surface area contributed by atoms with E-state index < -0.39 is 0 Å². The number of nitrogens with zero attached hydrogens (tertiary/aromatic N) is 3. The highest BCUT2D eigenvalue weighted by atomic mass is 16.5. The van der Waals surface area contributed by atoms with Crippen molar-refractivity contribution in [2.24, 2.45) is 0 Å². The van der Waals surface area contributed by atoms with Crippen LogP contribution in [0.5, 0.6) is 0 Å². The Morgan fingerprint density at radius 2 is 2.13 bits per heavy atom. The SMILES string of the molecule is c1cnc(NC2COC3(CCN(CC4CCNN4)CC3)C2)nc1. The smallest absolute Gasteiger partial charge is 0.222 e. The van der Waals surface area contributed by atoms with E-state index in [-0.39, 0.29) is 5.60 Å². The van der Waals surface area contributed by atoms with Gasteiger partial charge < -0.3 is 15.0 Å². The number of rotatable bonds is 4. The first kappa shape index (κ1) is 15.3. The lowest BCUT2D eigenvalue weighted by atomic mass is 9.87. The Hall–Kier alpha value is -1.28. The predicted molar refractivity (Wildman–Crippen MR) is 88.0 cm³/mol. The summed E-state index contributed by atoms with van der Waals surface area (Å²) in [6.07, 6.45) is 8.07. The van der Waals surface area contributed by atoms with Crippen LogP contribution in [0.3, 0.4) is 0 Å². The maximum Gasteiger partial charge on any atom is 0.222 e. The molecule has 3 aliphatic rings. The molecule has 4 rings (SSSR count). The second-order valence-electron chi connectivity index (χ2n) is 6.97. The fourth-order valence-electron chi connectivity index (χ4n) is 3.97. The zero-order valence-electron chi connectivity index (χ0n) is 13.5. The largest absolute Gasteiger partial charge is 0.373 e. The molecule has 23 heavy (non-hydrogen) atoms. The molecule has 0 radical (unpaired) electrons. The minimum atomic E-state index is 0.0598. The lowest BCUT2D eigenvalue weighted by Crippen LogP contribution is -2.48. The number of hydrogen-bond acceptors (Lipinski definition) is 7. The third kappa shape index (κ3) is 3.63. The van der Waals surface area contributed by atoms with E-state index in [0.717, 1.165) is 52.0 Å². The molecule has 4 heterocycles. The van der Waals surface area contributed by atoms with Crippen LogP contribution in [0.4, 0.5) is 5.95 Å². The molecular formula is C16H26N6O. The van der Waals surface area contributed by atoms with Crippen LogP contribution in [0.15, 0.2) is 18.5 Å². The molecule has 3 aliphatic heterocycles. The average Bonchev–Trinajstić information content (AvgIpc) is 3.22. The lowest BCUT2D eigenvalue weighted by Gasteiger charge is -2.39. The summed E-state index contributed by atoms with van der Waals surface area (Å²) >= 11 is 0. The monoisotopic (exact) mass is 318 g/mol. The molecule has 3 N–H and O–H groups in total. The summed E-state index contributed by atoms with van der Waals surface area (Å²) in [7, 11) is 0. The number of hydrogen-bond donors (Lipinski definition) is 3. The number of ether oxygens (including phenoxy) is 1. The summed E-state index contributed by atoms with van der Waals surface area (Å²) < 4.78 is 6.21. The molecule has 1 spiro atoms. The number of piperidine rings is 1. The standard InChI is InChI=1S/C16H26N6O/c1-5-17-15(18-6-1)20-14-10-16(23-12-14)3-8-22(9-4-16)11-13-2-7-19-21-13/h1,5-6,13-14,19,21H,2-4,7-12H2,(H,17,18,20). The van der Waals surface area contributed by atoms with Crippen molar-refractivity contribution < 1.29 is 4.74 Å². The molecule has 126 valence electrons. The summed E-state index contributed by atoms with van der Waals surface area (Å²) in [5, 5.41) is 3.40. The predicted octanol–water partition coefficient (Wildman–Crippen LogP) is 0.379. The van der Waals surface area contributed by atoms with Crippen molar-refractivity contribution in [1.82, 2.24) is 25.7 Å². The molecule has 0 amide bonds. The van der Waals surface area contributed by atoms with E-state index in [1.165, 1.54) is 6.42 Å². The van der Waals surface area contributed by atoms with E-state index in [1.54, 1.807) is 12.4 Å². The zero-order chi connectivity index (χ0) is 15.5. The van der Waals surface area contributed by atoms with Crippen LogP contribution < -0.4 is 16.2 Å². The van der Waals surface area contributed by atoms with E-state index >= 15 is 0 Å². The normalized spacial score (nSPS) is 30.8. The molecule has 0 aliphatic carbocycles. The average molecular weight is 318 g/mol. The highest BCUT2D eigenvalue weighted by molar-refractivity contribution is 5.25. The van der Waals surface area contributed by atoms with Crippen LogP contribution in [-0.2, 0) is 4.74 Å². The maximum atomic E-state index is 6.21. The number of aromatic nitrogens is 2. The third-order valence-electron chi connectivity index (χ3n) is 5.28. The van der Waals surface area contributed by atoms with Crippen molar-refractivity contribution in [3.63, 3.8) is 0 Å². The van der Waals surface area contributed by atoms with Gasteiger partial charge in [0.1, 0.15) is 0 Å². The molecule has 1 aromatic rings. The first-order valence-corrected chi connectivity index (χ1v) is 8.70. The fourth-order valence-corrected chi connectivity index (χ4v) is 3.97. The number of hydrazine groups is 1. The Morgan fingerprint density at radius 1 is 1.30 bits per heavy atom. The molecule has 2 atom stereocenters. The molecule has 3 saturated heterocycles. The van der Waals surface area contributed by atoms with Gasteiger partial charge >= 0.3 is 0 Å². The van der Waals surface area contributed by atoms with Gasteiger partial charge in [0, 0.05) is 44.6 Å². The first-order valence-electron chi connectivity index (χ1n) is 8.70. The second kappa shape index (κ2) is 6.68. The van der Waals surface area contributed by atoms with Crippen LogP contribution in [0.25, 0.3) is 0 Å². The Kier molecular flexibility index (Phi) is 4.43. The summed E-state index contributed by atoms with van der Waals surface area (Å²) in [5.74, 6) is 0.704. The van der Waals surface area contributed by atoms with Gasteiger partial charge in [-0.05, 0) is 31.7 Å². The van der Waals surface area contributed by atoms with Gasteiger partial charge in [-0.15, -0.1) is 0 Å². The highest BCUT2D eigenvalue weighted by Gasteiger charge is 2.43. The van der Waals surface area contributed by atoms with Crippen molar-refractivity contribution in [2.75, 3.05) is 38.1 Å². The van der Waals surface area contributed by atoms with Gasteiger partial charge in [-0.2, -0.15) is 0 Å². The van der Waals surface area contributed by atoms with Gasteiger partial charge in [-0.3, -0.25) is 10.9 Å². The molecule has 0 saturated carbocycles. The van der Waals surface area contributed by atoms with Gasteiger partial charge in [-0.25, -0.2) is 9.97 Å². The summed E-state index contributed by atoms with van der Waals surface area (Å²) in [4.78, 5) is 11.1. The van der Waals surface area contributed by atoms with Crippen molar-refractivity contribution in [3.8, 4) is 0 Å². The van der Waals surface area contributed by atoms with Gasteiger partial charge in [0.15, 0.2) is 0 Å². The molecule has 0 aromatic carbocycles. The van der Waals surface area contributed by atoms with E-state index in [2.05, 4.69) is 31.0 Å². The van der Waals surface area contributed by atoms with Gasteiger partial charge in [-0.1, -0.05) is 0 Å². The Labute approximate surface area is 137 Å². The Morgan fingerprint density at radius 3 is 2.87 bits per heavy atom. The number of nitrogens with one attached hydrogen (secondary N) is 3. The zero-order valence-corrected chi connectivity index (χ0v) is 13.5. The van der Waals surface area contributed by atoms with Crippen LogP contribution in [0.2, 0.25) is 0 Å². The lowest BCUT2D eigenvalue weighted by molar-refractivity contribution is -0.0443. The molecule has 2 unspecified atom stereocenters. The minimum Gasteiger partial charge on any atom is -0.373 e. The van der Waals surface area contributed by atoms with Crippen LogP contribution in [0.1, 0.15) is 25.7 Å². The Balaban J connectivity index is 1.26. The van der Waals surface area contributed by atoms with Crippen molar-refractivity contribution in [3.05, 3.63) is 18.5 Å². The second-order valence-corrected chi connectivity index (χ2v) is 6.97. The Bertz CT molecular complexity index is 499. The van der Waals surface area contributed by atoms with Crippen LogP contribution in [0, 0.1) is 0 Å². The molecule has 7 nitrogen and oxygen atoms in total.